The van der Waals surface area contributed by atoms with Crippen molar-refractivity contribution in [1.82, 2.24) is 15.5 Å². The van der Waals surface area contributed by atoms with Crippen LogP contribution in [0.3, 0.4) is 0 Å². The molecule has 0 bridgehead atoms. The predicted molar refractivity (Wildman–Crippen MR) is 74.8 cm³/mol. The molecule has 0 spiro atoms. The Morgan fingerprint density at radius 3 is 2.71 bits per heavy atom. The number of imide groups is 1. The number of hydrogen-bond donors (Lipinski definition) is 3. The van der Waals surface area contributed by atoms with Crippen LogP contribution < -0.4 is 10.6 Å². The van der Waals surface area contributed by atoms with Crippen LogP contribution in [0.1, 0.15) is 19.8 Å². The van der Waals surface area contributed by atoms with E-state index in [-0.39, 0.29) is 6.54 Å². The third-order valence-electron chi connectivity index (χ3n) is 3.45. The Morgan fingerprint density at radius 2 is 2.10 bits per heavy atom. The van der Waals surface area contributed by atoms with Gasteiger partial charge in [0, 0.05) is 13.7 Å². The van der Waals surface area contributed by atoms with Crippen molar-refractivity contribution >= 4 is 17.9 Å². The lowest BCUT2D eigenvalue weighted by Gasteiger charge is -2.35. The summed E-state index contributed by atoms with van der Waals surface area (Å²) in [6, 6.07) is -1.27. The fraction of sp³-hybridized carbons (Fsp3) is 0.769. The number of nitrogens with one attached hydrogen (secondary N) is 2. The first-order chi connectivity index (χ1) is 9.93. The number of methoxy groups -OCH3 is 1. The van der Waals surface area contributed by atoms with Crippen molar-refractivity contribution in [2.24, 2.45) is 5.92 Å². The van der Waals surface area contributed by atoms with Gasteiger partial charge in [0.05, 0.1) is 13.2 Å². The van der Waals surface area contributed by atoms with Gasteiger partial charge < -0.3 is 15.2 Å². The molecular formula is C13H23N3O5. The van der Waals surface area contributed by atoms with E-state index in [0.717, 1.165) is 6.42 Å². The van der Waals surface area contributed by atoms with Crippen LogP contribution in [0, 0.1) is 5.92 Å². The third kappa shape index (κ3) is 6.09. The molecule has 1 heterocycles. The van der Waals surface area contributed by atoms with Crippen LogP contribution in [0.4, 0.5) is 4.79 Å². The monoisotopic (exact) mass is 301 g/mol. The van der Waals surface area contributed by atoms with Crippen molar-refractivity contribution in [3.8, 4) is 0 Å². The molecule has 1 saturated heterocycles. The average molecular weight is 301 g/mol. The molecule has 0 aromatic rings. The molecule has 0 aromatic heterocycles. The Morgan fingerprint density at radius 1 is 1.38 bits per heavy atom. The predicted octanol–water partition coefficient (Wildman–Crippen LogP) is -0.356. The molecule has 2 atom stereocenters. The molecule has 1 aliphatic rings. The Bertz CT molecular complexity index is 388. The number of ether oxygens (including phenoxy) is 1. The van der Waals surface area contributed by atoms with Gasteiger partial charge in [-0.25, -0.2) is 4.79 Å². The molecule has 1 rings (SSSR count). The fourth-order valence-electron chi connectivity index (χ4n) is 2.30. The van der Waals surface area contributed by atoms with Gasteiger partial charge in [-0.2, -0.15) is 0 Å². The van der Waals surface area contributed by atoms with E-state index < -0.39 is 23.9 Å². The van der Waals surface area contributed by atoms with E-state index in [1.807, 2.05) is 6.92 Å². The zero-order valence-corrected chi connectivity index (χ0v) is 12.4. The minimum absolute atomic E-state index is 0.0958. The normalized spacial score (nSPS) is 22.6. The summed E-state index contributed by atoms with van der Waals surface area (Å²) >= 11 is 0. The second-order valence-electron chi connectivity index (χ2n) is 5.25. The summed E-state index contributed by atoms with van der Waals surface area (Å²) in [5.74, 6) is -1.12. The maximum Gasteiger partial charge on any atom is 0.321 e. The van der Waals surface area contributed by atoms with Crippen molar-refractivity contribution < 1.29 is 24.2 Å². The second kappa shape index (κ2) is 8.58. The highest BCUT2D eigenvalue weighted by molar-refractivity contribution is 5.95. The number of carbonyl (C=O) groups excluding carboxylic acids is 2. The molecule has 3 amide bonds. The maximum absolute atomic E-state index is 11.8. The molecule has 120 valence electrons. The van der Waals surface area contributed by atoms with E-state index >= 15 is 0 Å². The molecule has 8 nitrogen and oxygen atoms in total. The first-order valence-corrected chi connectivity index (χ1v) is 6.97. The number of amides is 3. The number of aliphatic carboxylic acids is 1. The van der Waals surface area contributed by atoms with Crippen molar-refractivity contribution in [3.63, 3.8) is 0 Å². The van der Waals surface area contributed by atoms with Gasteiger partial charge in [0.2, 0.25) is 5.91 Å². The zero-order valence-electron chi connectivity index (χ0n) is 12.4. The number of carboxylic acid groups (broad SMARTS) is 1. The highest BCUT2D eigenvalue weighted by atomic mass is 16.5. The summed E-state index contributed by atoms with van der Waals surface area (Å²) in [4.78, 5) is 36.0. The van der Waals surface area contributed by atoms with E-state index in [1.165, 1.54) is 7.11 Å². The van der Waals surface area contributed by atoms with E-state index in [9.17, 15) is 19.5 Å². The molecule has 1 aliphatic heterocycles. The second-order valence-corrected chi connectivity index (χ2v) is 5.25. The summed E-state index contributed by atoms with van der Waals surface area (Å²) in [5, 5.41) is 13.8. The van der Waals surface area contributed by atoms with Crippen LogP contribution in [0.2, 0.25) is 0 Å². The molecule has 8 heteroatoms. The van der Waals surface area contributed by atoms with Gasteiger partial charge in [0.15, 0.2) is 0 Å². The fourth-order valence-corrected chi connectivity index (χ4v) is 2.30. The molecule has 1 fully saturated rings. The molecule has 0 radical (unpaired) electrons. The van der Waals surface area contributed by atoms with Gasteiger partial charge in [-0.3, -0.25) is 19.8 Å². The van der Waals surface area contributed by atoms with E-state index in [4.69, 9.17) is 4.74 Å². The number of likely N-dealkylation sites (tertiary alicyclic amines) is 1. The number of urea groups is 1. The zero-order chi connectivity index (χ0) is 15.8. The number of nitrogens with zero attached hydrogens (tertiary/aromatic N) is 1. The first-order valence-electron chi connectivity index (χ1n) is 6.97. The molecule has 0 aliphatic carbocycles. The van der Waals surface area contributed by atoms with Gasteiger partial charge in [0.25, 0.3) is 0 Å². The van der Waals surface area contributed by atoms with Crippen molar-refractivity contribution in [2.75, 3.05) is 33.4 Å². The van der Waals surface area contributed by atoms with E-state index in [0.29, 0.717) is 32.0 Å². The minimum Gasteiger partial charge on any atom is -0.480 e. The Hall–Kier alpha value is -1.67. The topological polar surface area (TPSA) is 108 Å². The van der Waals surface area contributed by atoms with Crippen molar-refractivity contribution in [1.29, 1.82) is 0 Å². The van der Waals surface area contributed by atoms with Gasteiger partial charge in [-0.05, 0) is 25.3 Å². The maximum atomic E-state index is 11.8. The average Bonchev–Trinajstić information content (AvgIpc) is 2.40. The first kappa shape index (κ1) is 17.4. The van der Waals surface area contributed by atoms with Crippen LogP contribution in [0.25, 0.3) is 0 Å². The summed E-state index contributed by atoms with van der Waals surface area (Å²) in [6.07, 6.45) is 1.36. The standard InChI is InChI=1S/C13H23N3O5/c1-9-3-5-16(10(7-9)12(18)19)8-11(17)15-13(20)14-4-6-21-2/h9-10H,3-8H2,1-2H3,(H,18,19)(H2,14,15,17,20). The lowest BCUT2D eigenvalue weighted by Crippen LogP contribution is -2.52. The van der Waals surface area contributed by atoms with Crippen LogP contribution >= 0.6 is 0 Å². The Balaban J connectivity index is 2.41. The van der Waals surface area contributed by atoms with Crippen LogP contribution in [-0.2, 0) is 14.3 Å². The molecule has 21 heavy (non-hydrogen) atoms. The molecular weight excluding hydrogens is 278 g/mol. The highest BCUT2D eigenvalue weighted by Gasteiger charge is 2.32. The number of rotatable bonds is 6. The quantitative estimate of drug-likeness (QED) is 0.578. The number of piperidine rings is 1. The third-order valence-corrected chi connectivity index (χ3v) is 3.45. The number of carboxylic acids is 1. The smallest absolute Gasteiger partial charge is 0.321 e. The van der Waals surface area contributed by atoms with Crippen LogP contribution in [0.5, 0.6) is 0 Å². The molecule has 0 aromatic carbocycles. The largest absolute Gasteiger partial charge is 0.480 e. The Labute approximate surface area is 123 Å². The Kier molecular flexibility index (Phi) is 7.10. The summed E-state index contributed by atoms with van der Waals surface area (Å²) < 4.78 is 4.77. The van der Waals surface area contributed by atoms with Gasteiger partial charge in [-0.1, -0.05) is 6.92 Å². The molecule has 2 unspecified atom stereocenters. The van der Waals surface area contributed by atoms with Crippen LogP contribution in [-0.4, -0.2) is 67.3 Å². The van der Waals surface area contributed by atoms with Gasteiger partial charge >= 0.3 is 12.0 Å². The van der Waals surface area contributed by atoms with E-state index in [2.05, 4.69) is 10.6 Å². The highest BCUT2D eigenvalue weighted by Crippen LogP contribution is 2.22. The van der Waals surface area contributed by atoms with E-state index in [1.54, 1.807) is 4.90 Å². The van der Waals surface area contributed by atoms with Crippen LogP contribution in [0.15, 0.2) is 0 Å². The molecule has 3 N–H and O–H groups in total. The lowest BCUT2D eigenvalue weighted by molar-refractivity contribution is -0.146. The summed E-state index contributed by atoms with van der Waals surface area (Å²) in [5.41, 5.74) is 0. The summed E-state index contributed by atoms with van der Waals surface area (Å²) in [6.45, 7) is 3.09. The SMILES string of the molecule is COCCNC(=O)NC(=O)CN1CCC(C)CC1C(=O)O. The number of carbonyl (C=O) groups is 3. The molecule has 0 saturated carbocycles. The summed E-state index contributed by atoms with van der Waals surface area (Å²) in [7, 11) is 1.51. The van der Waals surface area contributed by atoms with Crippen molar-refractivity contribution in [2.45, 2.75) is 25.8 Å². The number of hydrogen-bond acceptors (Lipinski definition) is 5. The van der Waals surface area contributed by atoms with Crippen molar-refractivity contribution in [3.05, 3.63) is 0 Å². The van der Waals surface area contributed by atoms with Gasteiger partial charge in [-0.15, -0.1) is 0 Å². The lowest BCUT2D eigenvalue weighted by atomic mass is 9.92. The van der Waals surface area contributed by atoms with Gasteiger partial charge in [0.1, 0.15) is 6.04 Å². The minimum atomic E-state index is -0.932.